The smallest absolute Gasteiger partial charge is 0.278 e. The summed E-state index contributed by atoms with van der Waals surface area (Å²) in [6.45, 7) is 3.01. The lowest BCUT2D eigenvalue weighted by atomic mass is 10.1. The summed E-state index contributed by atoms with van der Waals surface area (Å²) in [4.78, 5) is 38.8. The minimum atomic E-state index is -0.600. The molecular weight excluding hydrogens is 409 g/mol. The van der Waals surface area contributed by atoms with E-state index in [9.17, 15) is 18.8 Å². The van der Waals surface area contributed by atoms with Gasteiger partial charge in [-0.2, -0.15) is 0 Å². The number of para-hydroxylation sites is 1. The average Bonchev–Trinajstić information content (AvgIpc) is 2.70. The number of hydrogen-bond donors (Lipinski definition) is 3. The summed E-state index contributed by atoms with van der Waals surface area (Å²) in [5.74, 6) is -1.02. The molecule has 0 bridgehead atoms. The van der Waals surface area contributed by atoms with Gasteiger partial charge in [0.05, 0.1) is 10.9 Å². The molecule has 3 aromatic rings. The largest absolute Gasteiger partial charge is 0.326 e. The third-order valence-corrected chi connectivity index (χ3v) is 4.91. The van der Waals surface area contributed by atoms with E-state index in [0.717, 1.165) is 11.8 Å². The Morgan fingerprint density at radius 2 is 1.77 bits per heavy atom. The van der Waals surface area contributed by atoms with E-state index < -0.39 is 16.6 Å². The van der Waals surface area contributed by atoms with Crippen molar-refractivity contribution in [1.29, 1.82) is 0 Å². The normalized spacial score (nSPS) is 11.6. The van der Waals surface area contributed by atoms with Crippen LogP contribution in [0.1, 0.15) is 13.8 Å². The van der Waals surface area contributed by atoms with Crippen molar-refractivity contribution in [2.24, 2.45) is 0 Å². The predicted molar refractivity (Wildman–Crippen MR) is 113 cm³/mol. The maximum absolute atomic E-state index is 13.0. The number of hydrogen-bond acceptors (Lipinski definition) is 6. The average molecular weight is 427 g/mol. The highest BCUT2D eigenvalue weighted by atomic mass is 32.2. The van der Waals surface area contributed by atoms with Crippen molar-refractivity contribution in [3.05, 3.63) is 64.7 Å². The van der Waals surface area contributed by atoms with Gasteiger partial charge in [0.1, 0.15) is 5.82 Å². The molecule has 0 aliphatic heterocycles. The number of carbonyl (C=O) groups is 2. The third-order valence-electron chi connectivity index (χ3n) is 3.94. The second kappa shape index (κ2) is 9.31. The van der Waals surface area contributed by atoms with Gasteiger partial charge in [0.25, 0.3) is 5.56 Å². The van der Waals surface area contributed by atoms with Crippen molar-refractivity contribution in [1.82, 2.24) is 15.2 Å². The molecule has 30 heavy (non-hydrogen) atoms. The Bertz CT molecular complexity index is 1130. The van der Waals surface area contributed by atoms with Gasteiger partial charge < -0.3 is 10.6 Å². The summed E-state index contributed by atoms with van der Waals surface area (Å²) in [5, 5.41) is 12.9. The van der Waals surface area contributed by atoms with Crippen molar-refractivity contribution >= 4 is 35.0 Å². The molecule has 8 nitrogen and oxygen atoms in total. The molecule has 2 aromatic carbocycles. The third kappa shape index (κ3) is 5.29. The van der Waals surface area contributed by atoms with Crippen molar-refractivity contribution in [3.8, 4) is 11.3 Å². The van der Waals surface area contributed by atoms with E-state index in [0.29, 0.717) is 16.9 Å². The van der Waals surface area contributed by atoms with Crippen LogP contribution < -0.4 is 16.2 Å². The highest BCUT2D eigenvalue weighted by Crippen LogP contribution is 2.25. The maximum Gasteiger partial charge on any atom is 0.278 e. The zero-order valence-corrected chi connectivity index (χ0v) is 16.9. The van der Waals surface area contributed by atoms with Crippen molar-refractivity contribution in [2.75, 3.05) is 10.6 Å². The molecule has 0 unspecified atom stereocenters. The van der Waals surface area contributed by atoms with E-state index in [1.54, 1.807) is 31.2 Å². The molecule has 0 spiro atoms. The van der Waals surface area contributed by atoms with Gasteiger partial charge in [0.2, 0.25) is 11.8 Å². The fourth-order valence-electron chi connectivity index (χ4n) is 2.54. The summed E-state index contributed by atoms with van der Waals surface area (Å²) in [6.07, 6.45) is 0. The lowest BCUT2D eigenvalue weighted by molar-refractivity contribution is -0.115. The molecule has 1 aromatic heterocycles. The molecule has 0 fully saturated rings. The number of nitrogens with one attached hydrogen (secondary N) is 3. The molecule has 1 heterocycles. The van der Waals surface area contributed by atoms with Gasteiger partial charge >= 0.3 is 0 Å². The van der Waals surface area contributed by atoms with Gasteiger partial charge in [0.15, 0.2) is 10.9 Å². The number of aromatic amines is 1. The Morgan fingerprint density at radius 3 is 2.43 bits per heavy atom. The Morgan fingerprint density at radius 1 is 1.07 bits per heavy atom. The molecule has 0 radical (unpaired) electrons. The Labute approximate surface area is 175 Å². The Hall–Kier alpha value is -3.53. The number of aromatic nitrogens is 3. The van der Waals surface area contributed by atoms with Gasteiger partial charge in [-0.1, -0.05) is 30.0 Å². The fourth-order valence-corrected chi connectivity index (χ4v) is 3.28. The number of amides is 2. The minimum Gasteiger partial charge on any atom is -0.326 e. The summed E-state index contributed by atoms with van der Waals surface area (Å²) in [5.41, 5.74) is 0.874. The van der Waals surface area contributed by atoms with Crippen LogP contribution in [0.5, 0.6) is 0 Å². The minimum absolute atomic E-state index is 0.0483. The van der Waals surface area contributed by atoms with Crippen LogP contribution >= 0.6 is 11.8 Å². The lowest BCUT2D eigenvalue weighted by Gasteiger charge is -2.12. The first-order valence-corrected chi connectivity index (χ1v) is 9.78. The van der Waals surface area contributed by atoms with Gasteiger partial charge in [0, 0.05) is 18.2 Å². The number of H-pyrrole nitrogens is 1. The van der Waals surface area contributed by atoms with Crippen LogP contribution in [-0.2, 0) is 9.59 Å². The highest BCUT2D eigenvalue weighted by Gasteiger charge is 2.18. The number of thioether (sulfide) groups is 1. The van der Waals surface area contributed by atoms with E-state index in [-0.39, 0.29) is 22.7 Å². The summed E-state index contributed by atoms with van der Waals surface area (Å²) in [7, 11) is 0. The number of carbonyl (C=O) groups excluding carboxylic acids is 2. The maximum atomic E-state index is 13.0. The van der Waals surface area contributed by atoms with E-state index in [2.05, 4.69) is 25.8 Å². The monoisotopic (exact) mass is 427 g/mol. The molecule has 0 saturated carbocycles. The second-order valence-corrected chi connectivity index (χ2v) is 7.62. The van der Waals surface area contributed by atoms with Crippen molar-refractivity contribution in [2.45, 2.75) is 24.3 Å². The molecule has 154 valence electrons. The quantitative estimate of drug-likeness (QED) is 0.521. The van der Waals surface area contributed by atoms with E-state index in [1.165, 1.54) is 31.2 Å². The molecule has 2 amide bonds. The number of benzene rings is 2. The number of halogens is 1. The molecule has 0 aliphatic carbocycles. The zero-order valence-electron chi connectivity index (χ0n) is 16.1. The zero-order chi connectivity index (χ0) is 21.7. The van der Waals surface area contributed by atoms with Crippen LogP contribution in [0.4, 0.5) is 15.8 Å². The molecule has 1 atom stereocenters. The van der Waals surface area contributed by atoms with Gasteiger partial charge in [-0.15, -0.1) is 10.2 Å². The Kier molecular flexibility index (Phi) is 6.58. The Balaban J connectivity index is 1.74. The van der Waals surface area contributed by atoms with Gasteiger partial charge in [-0.25, -0.2) is 4.39 Å². The van der Waals surface area contributed by atoms with Crippen LogP contribution in [0.3, 0.4) is 0 Å². The van der Waals surface area contributed by atoms with Crippen LogP contribution in [-0.4, -0.2) is 32.2 Å². The molecule has 0 aliphatic rings. The van der Waals surface area contributed by atoms with Gasteiger partial charge in [-0.3, -0.25) is 19.4 Å². The molecule has 10 heteroatoms. The SMILES string of the molecule is CC(=O)Nc1ccccc1-c1nnc(S[C@@H](C)C(=O)Nc2ccc(F)cc2)[nH]c1=O. The molecule has 3 rings (SSSR count). The molecule has 0 saturated heterocycles. The first-order valence-electron chi connectivity index (χ1n) is 8.90. The van der Waals surface area contributed by atoms with Crippen molar-refractivity contribution in [3.63, 3.8) is 0 Å². The van der Waals surface area contributed by atoms with Crippen LogP contribution in [0.15, 0.2) is 58.5 Å². The summed E-state index contributed by atoms with van der Waals surface area (Å²) >= 11 is 1.02. The van der Waals surface area contributed by atoms with E-state index in [4.69, 9.17) is 0 Å². The van der Waals surface area contributed by atoms with E-state index >= 15 is 0 Å². The van der Waals surface area contributed by atoms with E-state index in [1.807, 2.05) is 0 Å². The number of nitrogens with zero attached hydrogens (tertiary/aromatic N) is 2. The first-order chi connectivity index (χ1) is 14.3. The highest BCUT2D eigenvalue weighted by molar-refractivity contribution is 8.00. The standard InChI is InChI=1S/C20H18FN5O3S/c1-11(18(28)23-14-9-7-13(21)8-10-14)30-20-24-19(29)17(25-26-20)15-5-3-4-6-16(15)22-12(2)27/h3-11H,1-2H3,(H,22,27)(H,23,28)(H,24,26,29)/t11-/m0/s1. The molecule has 3 N–H and O–H groups in total. The van der Waals surface area contributed by atoms with Crippen LogP contribution in [0.2, 0.25) is 0 Å². The summed E-state index contributed by atoms with van der Waals surface area (Å²) < 4.78 is 13.0. The topological polar surface area (TPSA) is 117 Å². The summed E-state index contributed by atoms with van der Waals surface area (Å²) in [6, 6.07) is 12.1. The lowest BCUT2D eigenvalue weighted by Crippen LogP contribution is -2.23. The van der Waals surface area contributed by atoms with Crippen molar-refractivity contribution < 1.29 is 14.0 Å². The first kappa shape index (κ1) is 21.2. The fraction of sp³-hybridized carbons (Fsp3) is 0.150. The number of rotatable bonds is 6. The van der Waals surface area contributed by atoms with Crippen LogP contribution in [0, 0.1) is 5.82 Å². The second-order valence-electron chi connectivity index (χ2n) is 6.29. The van der Waals surface area contributed by atoms with Gasteiger partial charge in [-0.05, 0) is 37.3 Å². The number of anilines is 2. The predicted octanol–water partition coefficient (Wildman–Crippen LogP) is 3.05. The molecular formula is C20H18FN5O3S. The van der Waals surface area contributed by atoms with Crippen LogP contribution in [0.25, 0.3) is 11.3 Å².